The second-order valence-corrected chi connectivity index (χ2v) is 6.94. The van der Waals surface area contributed by atoms with Crippen molar-refractivity contribution in [3.63, 3.8) is 0 Å². The van der Waals surface area contributed by atoms with Gasteiger partial charge >= 0.3 is 0 Å². The van der Waals surface area contributed by atoms with Crippen LogP contribution < -0.4 is 9.64 Å². The zero-order chi connectivity index (χ0) is 17.9. The summed E-state index contributed by atoms with van der Waals surface area (Å²) < 4.78 is 5.29. The first kappa shape index (κ1) is 16.8. The van der Waals surface area contributed by atoms with Gasteiger partial charge in [0.05, 0.1) is 7.11 Å². The number of hydrogen-bond acceptors (Lipinski definition) is 3. The van der Waals surface area contributed by atoms with E-state index in [1.807, 2.05) is 12.1 Å². The number of methoxy groups -OCH3 is 1. The third-order valence-electron chi connectivity index (χ3n) is 4.71. The van der Waals surface area contributed by atoms with Gasteiger partial charge in [-0.2, -0.15) is 0 Å². The highest BCUT2D eigenvalue weighted by Crippen LogP contribution is 2.46. The molecule has 0 fully saturated rings. The maximum atomic E-state index is 5.29. The molecule has 3 heteroatoms. The van der Waals surface area contributed by atoms with Gasteiger partial charge in [0.25, 0.3) is 0 Å². The van der Waals surface area contributed by atoms with E-state index in [-0.39, 0.29) is 0 Å². The van der Waals surface area contributed by atoms with Crippen molar-refractivity contribution in [3.05, 3.63) is 94.9 Å². The van der Waals surface area contributed by atoms with Gasteiger partial charge in [0.1, 0.15) is 5.75 Å². The van der Waals surface area contributed by atoms with Gasteiger partial charge in [-0.05, 0) is 47.1 Å². The molecule has 0 bridgehead atoms. The van der Waals surface area contributed by atoms with Crippen molar-refractivity contribution < 1.29 is 4.74 Å². The van der Waals surface area contributed by atoms with Crippen LogP contribution in [0.25, 0.3) is 5.57 Å². The Morgan fingerprint density at radius 3 is 1.96 bits per heavy atom. The first-order valence-electron chi connectivity index (χ1n) is 8.64. The van der Waals surface area contributed by atoms with Crippen molar-refractivity contribution >= 4 is 28.7 Å². The standard InChI is InChI=1S/C23H21NOS/c1-25-18-13-11-17(12-14-18)15-24-22-9-5-3-7-19(22)21(16-26-2)20-8-4-6-10-23(20)24/h3-14,16H,15H2,1-2H3. The van der Waals surface area contributed by atoms with Crippen LogP contribution in [0.1, 0.15) is 16.7 Å². The molecular formula is C23H21NOS. The number of hydrogen-bond donors (Lipinski definition) is 0. The SMILES string of the molecule is COc1ccc(CN2c3ccccc3C(=CSC)c3ccccc32)cc1. The van der Waals surface area contributed by atoms with Crippen LogP contribution in [0.5, 0.6) is 5.75 Å². The lowest BCUT2D eigenvalue weighted by Crippen LogP contribution is -2.22. The minimum atomic E-state index is 0.824. The molecule has 0 saturated heterocycles. The summed E-state index contributed by atoms with van der Waals surface area (Å²) in [6.45, 7) is 0.824. The average molecular weight is 359 g/mol. The molecule has 0 saturated carbocycles. The van der Waals surface area contributed by atoms with E-state index in [1.165, 1.54) is 33.6 Å². The molecule has 0 amide bonds. The summed E-state index contributed by atoms with van der Waals surface area (Å²) in [5.74, 6) is 0.887. The van der Waals surface area contributed by atoms with Crippen molar-refractivity contribution in [1.29, 1.82) is 0 Å². The van der Waals surface area contributed by atoms with Gasteiger partial charge in [-0.3, -0.25) is 0 Å². The maximum absolute atomic E-state index is 5.29. The fourth-order valence-corrected chi connectivity index (χ4v) is 3.97. The van der Waals surface area contributed by atoms with E-state index in [4.69, 9.17) is 4.74 Å². The molecule has 1 heterocycles. The van der Waals surface area contributed by atoms with Crippen LogP contribution in [0.2, 0.25) is 0 Å². The molecule has 0 aromatic heterocycles. The van der Waals surface area contributed by atoms with E-state index in [0.717, 1.165) is 12.3 Å². The number of fused-ring (bicyclic) bond motifs is 2. The molecule has 26 heavy (non-hydrogen) atoms. The molecule has 4 rings (SSSR count). The predicted octanol–water partition coefficient (Wildman–Crippen LogP) is 6.10. The molecular weight excluding hydrogens is 338 g/mol. The van der Waals surface area contributed by atoms with Crippen molar-refractivity contribution in [3.8, 4) is 5.75 Å². The zero-order valence-corrected chi connectivity index (χ0v) is 15.8. The van der Waals surface area contributed by atoms with Crippen LogP contribution in [-0.4, -0.2) is 13.4 Å². The van der Waals surface area contributed by atoms with Gasteiger partial charge in [-0.25, -0.2) is 0 Å². The Morgan fingerprint density at radius 2 is 1.42 bits per heavy atom. The molecule has 3 aromatic rings. The van der Waals surface area contributed by atoms with Crippen LogP contribution in [0.3, 0.4) is 0 Å². The smallest absolute Gasteiger partial charge is 0.118 e. The summed E-state index contributed by atoms with van der Waals surface area (Å²) in [5.41, 5.74) is 7.63. The summed E-state index contributed by atoms with van der Waals surface area (Å²) in [6.07, 6.45) is 2.11. The van der Waals surface area contributed by atoms with Crippen molar-refractivity contribution in [2.75, 3.05) is 18.3 Å². The van der Waals surface area contributed by atoms with Gasteiger partial charge in [-0.15, -0.1) is 11.8 Å². The van der Waals surface area contributed by atoms with E-state index in [9.17, 15) is 0 Å². The second kappa shape index (κ2) is 7.30. The Bertz CT molecular complexity index is 897. The van der Waals surface area contributed by atoms with Gasteiger partial charge in [0.2, 0.25) is 0 Å². The number of rotatable bonds is 4. The van der Waals surface area contributed by atoms with E-state index in [0.29, 0.717) is 0 Å². The summed E-state index contributed by atoms with van der Waals surface area (Å²) >= 11 is 1.75. The minimum Gasteiger partial charge on any atom is -0.497 e. The molecule has 1 aliphatic heterocycles. The lowest BCUT2D eigenvalue weighted by Gasteiger charge is -2.34. The Balaban J connectivity index is 1.82. The summed E-state index contributed by atoms with van der Waals surface area (Å²) in [7, 11) is 1.70. The molecule has 0 unspecified atom stereocenters. The number of thioether (sulfide) groups is 1. The Labute approximate surface area is 159 Å². The Kier molecular flexibility index (Phi) is 4.72. The molecule has 1 aliphatic rings. The Hall–Kier alpha value is -2.65. The van der Waals surface area contributed by atoms with Crippen LogP contribution in [0, 0.1) is 0 Å². The number of nitrogens with zero attached hydrogens (tertiary/aromatic N) is 1. The van der Waals surface area contributed by atoms with Crippen molar-refractivity contribution in [2.24, 2.45) is 0 Å². The Morgan fingerprint density at radius 1 is 0.846 bits per heavy atom. The fourth-order valence-electron chi connectivity index (χ4n) is 3.48. The third kappa shape index (κ3) is 2.99. The highest BCUT2D eigenvalue weighted by Gasteiger charge is 2.25. The molecule has 0 radical (unpaired) electrons. The zero-order valence-electron chi connectivity index (χ0n) is 15.0. The number of ether oxygens (including phenoxy) is 1. The van der Waals surface area contributed by atoms with E-state index < -0.39 is 0 Å². The second-order valence-electron chi connectivity index (χ2n) is 6.24. The van der Waals surface area contributed by atoms with Crippen LogP contribution in [-0.2, 0) is 6.54 Å². The molecule has 0 atom stereocenters. The minimum absolute atomic E-state index is 0.824. The number of anilines is 2. The lowest BCUT2D eigenvalue weighted by atomic mass is 9.91. The molecule has 130 valence electrons. The van der Waals surface area contributed by atoms with Gasteiger partial charge < -0.3 is 9.64 Å². The molecule has 0 N–H and O–H groups in total. The van der Waals surface area contributed by atoms with Gasteiger partial charge in [0.15, 0.2) is 0 Å². The van der Waals surface area contributed by atoms with Crippen LogP contribution in [0.15, 0.2) is 78.2 Å². The van der Waals surface area contributed by atoms with E-state index >= 15 is 0 Å². The monoisotopic (exact) mass is 359 g/mol. The lowest BCUT2D eigenvalue weighted by molar-refractivity contribution is 0.414. The topological polar surface area (TPSA) is 12.5 Å². The fraction of sp³-hybridized carbons (Fsp3) is 0.130. The first-order chi connectivity index (χ1) is 12.8. The summed E-state index contributed by atoms with van der Waals surface area (Å²) in [4.78, 5) is 2.41. The van der Waals surface area contributed by atoms with Gasteiger partial charge in [0, 0.05) is 29.0 Å². The predicted molar refractivity (Wildman–Crippen MR) is 112 cm³/mol. The van der Waals surface area contributed by atoms with Gasteiger partial charge in [-0.1, -0.05) is 48.5 Å². The number of para-hydroxylation sites is 2. The molecule has 0 aliphatic carbocycles. The van der Waals surface area contributed by atoms with E-state index in [1.54, 1.807) is 18.9 Å². The third-order valence-corrected chi connectivity index (χ3v) is 5.18. The first-order valence-corrected chi connectivity index (χ1v) is 9.93. The largest absolute Gasteiger partial charge is 0.497 e. The number of benzene rings is 3. The normalized spacial score (nSPS) is 12.4. The van der Waals surface area contributed by atoms with E-state index in [2.05, 4.69) is 77.2 Å². The summed E-state index contributed by atoms with van der Waals surface area (Å²) in [6, 6.07) is 25.6. The average Bonchev–Trinajstić information content (AvgIpc) is 2.71. The molecule has 0 spiro atoms. The summed E-state index contributed by atoms with van der Waals surface area (Å²) in [5, 5.41) is 2.25. The quantitative estimate of drug-likeness (QED) is 0.558. The van der Waals surface area contributed by atoms with Crippen LogP contribution in [0.4, 0.5) is 11.4 Å². The highest BCUT2D eigenvalue weighted by atomic mass is 32.2. The van der Waals surface area contributed by atoms with Crippen molar-refractivity contribution in [2.45, 2.75) is 6.54 Å². The highest BCUT2D eigenvalue weighted by molar-refractivity contribution is 8.01. The molecule has 2 nitrogen and oxygen atoms in total. The van der Waals surface area contributed by atoms with Crippen LogP contribution >= 0.6 is 11.8 Å². The van der Waals surface area contributed by atoms with Crippen molar-refractivity contribution in [1.82, 2.24) is 0 Å². The maximum Gasteiger partial charge on any atom is 0.118 e. The molecule has 3 aromatic carbocycles.